The molecule has 0 spiro atoms. The van der Waals surface area contributed by atoms with Gasteiger partial charge >= 0.3 is 0 Å². The molecule has 0 aliphatic heterocycles. The first-order valence-corrected chi connectivity index (χ1v) is 11.8. The smallest absolute Gasteiger partial charge is 0.213 e. The Hall–Kier alpha value is -3.08. The number of pyridine rings is 2. The van der Waals surface area contributed by atoms with Gasteiger partial charge in [0.15, 0.2) is 0 Å². The van der Waals surface area contributed by atoms with E-state index in [1.807, 2.05) is 30.6 Å². The van der Waals surface area contributed by atoms with Crippen LogP contribution in [0.5, 0.6) is 5.88 Å². The molecule has 0 atom stereocenters. The molecule has 0 fully saturated rings. The molecule has 0 aliphatic rings. The zero-order chi connectivity index (χ0) is 24.1. The fourth-order valence-corrected chi connectivity index (χ4v) is 3.61. The Morgan fingerprint density at radius 2 is 1.34 bits per heavy atom. The maximum atomic E-state index is 5.68. The van der Waals surface area contributed by atoms with E-state index in [1.165, 1.54) is 0 Å². The van der Waals surface area contributed by atoms with Gasteiger partial charge in [-0.1, -0.05) is 12.1 Å². The van der Waals surface area contributed by atoms with Crippen LogP contribution in [0, 0.1) is 0 Å². The Kier molecular flexibility index (Phi) is 9.81. The molecular formula is C26H32N4O5. The van der Waals surface area contributed by atoms with E-state index >= 15 is 0 Å². The Morgan fingerprint density at radius 1 is 0.657 bits per heavy atom. The van der Waals surface area contributed by atoms with Crippen molar-refractivity contribution in [3.63, 3.8) is 0 Å². The van der Waals surface area contributed by atoms with Crippen LogP contribution >= 0.6 is 0 Å². The molecule has 3 N–H and O–H groups in total. The molecule has 0 saturated carbocycles. The van der Waals surface area contributed by atoms with Gasteiger partial charge in [0.2, 0.25) is 5.88 Å². The lowest BCUT2D eigenvalue weighted by Crippen LogP contribution is -2.15. The van der Waals surface area contributed by atoms with Crippen molar-refractivity contribution in [3.05, 3.63) is 55.0 Å². The minimum Gasteiger partial charge on any atom is -0.475 e. The minimum atomic E-state index is 0.424. The van der Waals surface area contributed by atoms with Gasteiger partial charge in [-0.3, -0.25) is 4.98 Å². The lowest BCUT2D eigenvalue weighted by molar-refractivity contribution is -0.00399. The molecule has 0 aliphatic carbocycles. The van der Waals surface area contributed by atoms with Gasteiger partial charge in [-0.05, 0) is 23.8 Å². The number of nitrogens with two attached hydrogens (primary N) is 1. The van der Waals surface area contributed by atoms with Crippen LogP contribution in [0.15, 0.2) is 55.0 Å². The molecule has 4 aromatic rings. The van der Waals surface area contributed by atoms with Crippen LogP contribution in [-0.2, 0) is 18.9 Å². The predicted octanol–water partition coefficient (Wildman–Crippen LogP) is 3.18. The number of aromatic amines is 1. The number of benzene rings is 1. The van der Waals surface area contributed by atoms with Crippen LogP contribution in [0.2, 0.25) is 0 Å². The summed E-state index contributed by atoms with van der Waals surface area (Å²) in [5.74, 6) is 0.568. The number of H-pyrrole nitrogens is 1. The molecule has 0 radical (unpaired) electrons. The Bertz CT molecular complexity index is 1170. The van der Waals surface area contributed by atoms with Gasteiger partial charge in [-0.15, -0.1) is 0 Å². The molecule has 9 heteroatoms. The largest absolute Gasteiger partial charge is 0.475 e. The molecule has 9 nitrogen and oxygen atoms in total. The topological polar surface area (TPSA) is 114 Å². The number of aromatic nitrogens is 3. The lowest BCUT2D eigenvalue weighted by Gasteiger charge is -2.08. The summed E-state index contributed by atoms with van der Waals surface area (Å²) in [6, 6.07) is 12.2. The van der Waals surface area contributed by atoms with Crippen molar-refractivity contribution < 1.29 is 23.7 Å². The Morgan fingerprint density at radius 3 is 2.03 bits per heavy atom. The number of nitrogens with one attached hydrogen (secondary N) is 1. The Balaban J connectivity index is 1.10. The fourth-order valence-electron chi connectivity index (χ4n) is 3.61. The first-order valence-electron chi connectivity index (χ1n) is 11.8. The van der Waals surface area contributed by atoms with Crippen molar-refractivity contribution in [2.24, 2.45) is 5.73 Å². The maximum Gasteiger partial charge on any atom is 0.213 e. The monoisotopic (exact) mass is 480 g/mol. The first kappa shape index (κ1) is 25.0. The number of fused-ring (bicyclic) bond motifs is 3. The highest BCUT2D eigenvalue weighted by Crippen LogP contribution is 2.29. The molecule has 0 amide bonds. The van der Waals surface area contributed by atoms with Crippen LogP contribution in [0.25, 0.3) is 32.9 Å². The molecule has 1 aromatic carbocycles. The highest BCUT2D eigenvalue weighted by Gasteiger charge is 2.07. The molecule has 0 unspecified atom stereocenters. The normalized spacial score (nSPS) is 11.5. The van der Waals surface area contributed by atoms with Gasteiger partial charge in [-0.25, -0.2) is 4.98 Å². The van der Waals surface area contributed by atoms with Crippen LogP contribution in [0.3, 0.4) is 0 Å². The van der Waals surface area contributed by atoms with Gasteiger partial charge in [0.05, 0.1) is 52.9 Å². The number of hydrogen-bond acceptors (Lipinski definition) is 8. The molecular weight excluding hydrogens is 448 g/mol. The molecule has 0 bridgehead atoms. The minimum absolute atomic E-state index is 0.424. The molecule has 3 aromatic heterocycles. The van der Waals surface area contributed by atoms with Gasteiger partial charge in [-0.2, -0.15) is 0 Å². The van der Waals surface area contributed by atoms with Crippen molar-refractivity contribution >= 4 is 21.8 Å². The van der Waals surface area contributed by atoms with E-state index < -0.39 is 0 Å². The highest BCUT2D eigenvalue weighted by molar-refractivity contribution is 6.07. The summed E-state index contributed by atoms with van der Waals surface area (Å²) in [6.45, 7) is 5.14. The summed E-state index contributed by atoms with van der Waals surface area (Å²) in [4.78, 5) is 12.1. The number of rotatable bonds is 16. The number of nitrogens with zero attached hydrogens (tertiary/aromatic N) is 2. The van der Waals surface area contributed by atoms with Crippen molar-refractivity contribution in [1.82, 2.24) is 15.0 Å². The van der Waals surface area contributed by atoms with Crippen molar-refractivity contribution in [2.45, 2.75) is 0 Å². The van der Waals surface area contributed by atoms with Gasteiger partial charge in [0, 0.05) is 58.6 Å². The fraction of sp³-hybridized carbons (Fsp3) is 0.385. The summed E-state index contributed by atoms with van der Waals surface area (Å²) in [5, 5.41) is 2.28. The zero-order valence-electron chi connectivity index (χ0n) is 19.8. The third-order valence-corrected chi connectivity index (χ3v) is 5.33. The molecule has 3 heterocycles. The standard InChI is InChI=1S/C26H32N4O5/c27-6-8-31-9-10-32-11-12-33-13-14-34-15-16-35-26-4-2-21(18-29-26)20-1-3-22-23-19-28-7-5-24(23)30-25(22)17-20/h1-5,7,17-19,30H,6,8-16,27H2. The summed E-state index contributed by atoms with van der Waals surface area (Å²) in [5.41, 5.74) is 9.60. The maximum absolute atomic E-state index is 5.68. The van der Waals surface area contributed by atoms with Crippen LogP contribution < -0.4 is 10.5 Å². The second-order valence-electron chi connectivity index (χ2n) is 7.78. The molecule has 35 heavy (non-hydrogen) atoms. The summed E-state index contributed by atoms with van der Waals surface area (Å²) in [6.07, 6.45) is 5.50. The third-order valence-electron chi connectivity index (χ3n) is 5.33. The first-order chi connectivity index (χ1) is 17.3. The van der Waals surface area contributed by atoms with E-state index in [-0.39, 0.29) is 0 Å². The number of ether oxygens (including phenoxy) is 5. The molecule has 4 rings (SSSR count). The SMILES string of the molecule is NCCOCCOCCOCCOCCOc1ccc(-c2ccc3c(c2)[nH]c2ccncc23)cn1. The van der Waals surface area contributed by atoms with Gasteiger partial charge in [0.1, 0.15) is 6.61 Å². The van der Waals surface area contributed by atoms with Gasteiger partial charge in [0.25, 0.3) is 0 Å². The van der Waals surface area contributed by atoms with E-state index in [0.717, 1.165) is 32.9 Å². The van der Waals surface area contributed by atoms with E-state index in [9.17, 15) is 0 Å². The molecule has 0 saturated heterocycles. The van der Waals surface area contributed by atoms with Crippen molar-refractivity contribution in [1.29, 1.82) is 0 Å². The second-order valence-corrected chi connectivity index (χ2v) is 7.78. The zero-order valence-corrected chi connectivity index (χ0v) is 19.8. The van der Waals surface area contributed by atoms with Crippen LogP contribution in [0.4, 0.5) is 0 Å². The van der Waals surface area contributed by atoms with Crippen molar-refractivity contribution in [2.75, 3.05) is 66.0 Å². The Labute approximate surface area is 204 Å². The van der Waals surface area contributed by atoms with Crippen LogP contribution in [0.1, 0.15) is 0 Å². The van der Waals surface area contributed by atoms with Crippen LogP contribution in [-0.4, -0.2) is 81.0 Å². The average Bonchev–Trinajstić information content (AvgIpc) is 3.27. The highest BCUT2D eigenvalue weighted by atomic mass is 16.6. The lowest BCUT2D eigenvalue weighted by atomic mass is 10.1. The van der Waals surface area contributed by atoms with Gasteiger partial charge < -0.3 is 34.4 Å². The summed E-state index contributed by atoms with van der Waals surface area (Å²) >= 11 is 0. The van der Waals surface area contributed by atoms with E-state index in [4.69, 9.17) is 29.4 Å². The van der Waals surface area contributed by atoms with Crippen molar-refractivity contribution in [3.8, 4) is 17.0 Å². The van der Waals surface area contributed by atoms with E-state index in [0.29, 0.717) is 71.9 Å². The summed E-state index contributed by atoms with van der Waals surface area (Å²) < 4.78 is 27.3. The summed E-state index contributed by atoms with van der Waals surface area (Å²) in [7, 11) is 0. The predicted molar refractivity (Wildman–Crippen MR) is 135 cm³/mol. The quantitative estimate of drug-likeness (QED) is 0.235. The van der Waals surface area contributed by atoms with E-state index in [2.05, 4.69) is 33.2 Å². The second kappa shape index (κ2) is 13.7. The number of hydrogen-bond donors (Lipinski definition) is 2. The third kappa shape index (κ3) is 7.45. The molecule has 186 valence electrons. The average molecular weight is 481 g/mol. The van der Waals surface area contributed by atoms with E-state index in [1.54, 1.807) is 6.20 Å².